The van der Waals surface area contributed by atoms with E-state index in [1.807, 2.05) is 6.92 Å². The van der Waals surface area contributed by atoms with Crippen LogP contribution in [0.15, 0.2) is 0 Å². The van der Waals surface area contributed by atoms with E-state index in [-0.39, 0.29) is 18.0 Å². The second kappa shape index (κ2) is 5.62. The molecule has 0 aromatic carbocycles. The van der Waals surface area contributed by atoms with Crippen LogP contribution in [0, 0.1) is 0 Å². The second-order valence-corrected chi connectivity index (χ2v) is 3.52. The van der Waals surface area contributed by atoms with Gasteiger partial charge in [0.1, 0.15) is 6.10 Å². The van der Waals surface area contributed by atoms with Crippen molar-refractivity contribution in [3.8, 4) is 0 Å². The zero-order chi connectivity index (χ0) is 10.4. The van der Waals surface area contributed by atoms with Crippen molar-refractivity contribution in [3.63, 3.8) is 0 Å². The molecule has 1 unspecified atom stereocenters. The summed E-state index contributed by atoms with van der Waals surface area (Å²) in [5, 5.41) is 0. The van der Waals surface area contributed by atoms with E-state index in [1.54, 1.807) is 0 Å². The molecule has 1 atom stereocenters. The van der Waals surface area contributed by atoms with Crippen molar-refractivity contribution in [2.24, 2.45) is 0 Å². The summed E-state index contributed by atoms with van der Waals surface area (Å²) in [6.45, 7) is 2.15. The van der Waals surface area contributed by atoms with E-state index in [1.165, 1.54) is 0 Å². The largest absolute Gasteiger partial charge is 0.466 e. The lowest BCUT2D eigenvalue weighted by Gasteiger charge is -2.11. The fourth-order valence-electron chi connectivity index (χ4n) is 1.29. The molecule has 1 aliphatic rings. The molecule has 1 saturated heterocycles. The molecule has 0 amide bonds. The highest BCUT2D eigenvalue weighted by atomic mass is 16.6. The summed E-state index contributed by atoms with van der Waals surface area (Å²) in [5.41, 5.74) is 0. The van der Waals surface area contributed by atoms with Crippen LogP contribution in [0.4, 0.5) is 0 Å². The molecule has 14 heavy (non-hydrogen) atoms. The van der Waals surface area contributed by atoms with Gasteiger partial charge < -0.3 is 9.47 Å². The maximum atomic E-state index is 11.2. The number of rotatable bonds is 0. The molecule has 1 fully saturated rings. The number of ether oxygens (including phenoxy) is 2. The van der Waals surface area contributed by atoms with Gasteiger partial charge in [0.15, 0.2) is 0 Å². The van der Waals surface area contributed by atoms with Crippen molar-refractivity contribution in [1.82, 2.24) is 0 Å². The summed E-state index contributed by atoms with van der Waals surface area (Å²) >= 11 is 0. The van der Waals surface area contributed by atoms with Crippen LogP contribution in [-0.4, -0.2) is 24.6 Å². The first kappa shape index (κ1) is 11.0. The normalized spacial score (nSPS) is 25.9. The Balaban J connectivity index is 2.41. The van der Waals surface area contributed by atoms with Crippen LogP contribution in [0.25, 0.3) is 0 Å². The summed E-state index contributed by atoms with van der Waals surface area (Å²) in [6.07, 6.45) is 2.62. The van der Waals surface area contributed by atoms with E-state index >= 15 is 0 Å². The van der Waals surface area contributed by atoms with Crippen LogP contribution in [0.3, 0.4) is 0 Å². The molecule has 0 spiro atoms. The van der Waals surface area contributed by atoms with Crippen molar-refractivity contribution >= 4 is 11.9 Å². The standard InChI is InChI=1S/C10H16O4/c1-8-6-7-13-9(11)4-2-3-5-10(12)14-8/h8H,2-7H2,1H3. The van der Waals surface area contributed by atoms with Crippen LogP contribution in [0.5, 0.6) is 0 Å². The number of carbonyl (C=O) groups excluding carboxylic acids is 2. The average Bonchev–Trinajstić information content (AvgIpc) is 2.13. The minimum Gasteiger partial charge on any atom is -0.466 e. The van der Waals surface area contributed by atoms with Gasteiger partial charge in [0.2, 0.25) is 0 Å². The van der Waals surface area contributed by atoms with Crippen LogP contribution >= 0.6 is 0 Å². The van der Waals surface area contributed by atoms with E-state index in [0.29, 0.717) is 38.7 Å². The van der Waals surface area contributed by atoms with Gasteiger partial charge in [-0.15, -0.1) is 0 Å². The predicted molar refractivity (Wildman–Crippen MR) is 49.6 cm³/mol. The number of carbonyl (C=O) groups is 2. The fraction of sp³-hybridized carbons (Fsp3) is 0.800. The van der Waals surface area contributed by atoms with Crippen molar-refractivity contribution in [1.29, 1.82) is 0 Å². The third-order valence-electron chi connectivity index (χ3n) is 2.13. The Morgan fingerprint density at radius 1 is 1.14 bits per heavy atom. The molecule has 1 heterocycles. The Bertz CT molecular complexity index is 212. The maximum Gasteiger partial charge on any atom is 0.306 e. The Hall–Kier alpha value is -1.06. The SMILES string of the molecule is CC1CCOC(=O)CCCCC(=O)O1. The Kier molecular flexibility index (Phi) is 4.43. The number of cyclic esters (lactones) is 2. The van der Waals surface area contributed by atoms with Crippen molar-refractivity contribution in [2.75, 3.05) is 6.61 Å². The van der Waals surface area contributed by atoms with Gasteiger partial charge in [0.25, 0.3) is 0 Å². The van der Waals surface area contributed by atoms with Crippen LogP contribution in [-0.2, 0) is 19.1 Å². The summed E-state index contributed by atoms with van der Waals surface area (Å²) in [4.78, 5) is 22.2. The molecule has 4 heteroatoms. The van der Waals surface area contributed by atoms with Crippen LogP contribution < -0.4 is 0 Å². The highest BCUT2D eigenvalue weighted by Crippen LogP contribution is 2.08. The van der Waals surface area contributed by atoms with Gasteiger partial charge in [-0.2, -0.15) is 0 Å². The molecule has 0 aromatic heterocycles. The summed E-state index contributed by atoms with van der Waals surface area (Å²) in [5.74, 6) is -0.349. The molecule has 0 aromatic rings. The monoisotopic (exact) mass is 200 g/mol. The molecule has 0 radical (unpaired) electrons. The molecule has 0 bridgehead atoms. The molecular formula is C10H16O4. The lowest BCUT2D eigenvalue weighted by molar-refractivity contribution is -0.149. The lowest BCUT2D eigenvalue weighted by Crippen LogP contribution is -2.16. The predicted octanol–water partition coefficient (Wildman–Crippen LogP) is 1.43. The van der Waals surface area contributed by atoms with Crippen molar-refractivity contribution < 1.29 is 19.1 Å². The quantitative estimate of drug-likeness (QED) is 0.555. The van der Waals surface area contributed by atoms with E-state index < -0.39 is 0 Å². The van der Waals surface area contributed by atoms with Gasteiger partial charge in [-0.25, -0.2) is 0 Å². The first-order valence-corrected chi connectivity index (χ1v) is 5.03. The lowest BCUT2D eigenvalue weighted by atomic mass is 10.2. The minimum absolute atomic E-state index is 0.159. The number of hydrogen-bond donors (Lipinski definition) is 0. The Morgan fingerprint density at radius 3 is 2.50 bits per heavy atom. The number of esters is 2. The zero-order valence-corrected chi connectivity index (χ0v) is 8.45. The first-order valence-electron chi connectivity index (χ1n) is 5.03. The zero-order valence-electron chi connectivity index (χ0n) is 8.45. The molecule has 0 aliphatic carbocycles. The maximum absolute atomic E-state index is 11.2. The fourth-order valence-corrected chi connectivity index (χ4v) is 1.29. The summed E-state index contributed by atoms with van der Waals surface area (Å²) in [6, 6.07) is 0. The minimum atomic E-state index is -0.174. The van der Waals surface area contributed by atoms with Crippen molar-refractivity contribution in [2.45, 2.75) is 45.1 Å². The van der Waals surface area contributed by atoms with E-state index in [4.69, 9.17) is 9.47 Å². The van der Waals surface area contributed by atoms with Gasteiger partial charge in [-0.3, -0.25) is 9.59 Å². The molecule has 80 valence electrons. The molecule has 4 nitrogen and oxygen atoms in total. The van der Waals surface area contributed by atoms with Gasteiger partial charge in [0, 0.05) is 19.3 Å². The Morgan fingerprint density at radius 2 is 1.79 bits per heavy atom. The van der Waals surface area contributed by atoms with Gasteiger partial charge in [-0.05, 0) is 19.8 Å². The molecule has 0 N–H and O–H groups in total. The summed E-state index contributed by atoms with van der Waals surface area (Å²) < 4.78 is 10.0. The molecule has 1 rings (SSSR count). The number of hydrogen-bond acceptors (Lipinski definition) is 4. The third-order valence-corrected chi connectivity index (χ3v) is 2.13. The van der Waals surface area contributed by atoms with E-state index in [9.17, 15) is 9.59 Å². The molecular weight excluding hydrogens is 184 g/mol. The first-order chi connectivity index (χ1) is 6.68. The Labute approximate surface area is 83.6 Å². The van der Waals surface area contributed by atoms with Crippen LogP contribution in [0.2, 0.25) is 0 Å². The highest BCUT2D eigenvalue weighted by Gasteiger charge is 2.12. The second-order valence-electron chi connectivity index (χ2n) is 3.52. The third kappa shape index (κ3) is 4.25. The highest BCUT2D eigenvalue weighted by molar-refractivity contribution is 5.70. The van der Waals surface area contributed by atoms with Crippen LogP contribution in [0.1, 0.15) is 39.0 Å². The average molecular weight is 200 g/mol. The molecule has 0 saturated carbocycles. The molecule has 1 aliphatic heterocycles. The van der Waals surface area contributed by atoms with Gasteiger partial charge in [0.05, 0.1) is 6.61 Å². The topological polar surface area (TPSA) is 52.6 Å². The van der Waals surface area contributed by atoms with E-state index in [0.717, 1.165) is 0 Å². The van der Waals surface area contributed by atoms with Gasteiger partial charge >= 0.3 is 11.9 Å². The van der Waals surface area contributed by atoms with Gasteiger partial charge in [-0.1, -0.05) is 0 Å². The smallest absolute Gasteiger partial charge is 0.306 e. The van der Waals surface area contributed by atoms with E-state index in [2.05, 4.69) is 0 Å². The van der Waals surface area contributed by atoms with Crippen molar-refractivity contribution in [3.05, 3.63) is 0 Å². The summed E-state index contributed by atoms with van der Waals surface area (Å²) in [7, 11) is 0.